The van der Waals surface area contributed by atoms with Crippen LogP contribution in [0.2, 0.25) is 0 Å². The first kappa shape index (κ1) is 10.6. The molecular formula is C11H11ClN2S. The number of rotatable bonds is 3. The first-order valence-electron chi connectivity index (χ1n) is 4.59. The molecule has 0 radical (unpaired) electrons. The smallest absolute Gasteiger partial charge is 0.0781 e. The van der Waals surface area contributed by atoms with E-state index in [9.17, 15) is 0 Å². The molecule has 4 heteroatoms. The van der Waals surface area contributed by atoms with Crippen LogP contribution in [0.1, 0.15) is 5.69 Å². The Morgan fingerprint density at radius 1 is 1.33 bits per heavy atom. The molecule has 0 fully saturated rings. The lowest BCUT2D eigenvalue weighted by molar-refractivity contribution is 0.843. The molecule has 0 amide bonds. The van der Waals surface area contributed by atoms with E-state index < -0.39 is 0 Å². The molecule has 0 aliphatic heterocycles. The number of para-hydroxylation sites is 1. The molecule has 15 heavy (non-hydrogen) atoms. The van der Waals surface area contributed by atoms with Crippen molar-refractivity contribution in [1.82, 2.24) is 9.78 Å². The minimum Gasteiger partial charge on any atom is -0.240 e. The molecule has 1 aromatic carbocycles. The van der Waals surface area contributed by atoms with Gasteiger partial charge in [-0.25, -0.2) is 4.68 Å². The van der Waals surface area contributed by atoms with Crippen LogP contribution in [-0.4, -0.2) is 16.0 Å². The summed E-state index contributed by atoms with van der Waals surface area (Å²) < 4.78 is 1.86. The minimum atomic E-state index is 0.453. The summed E-state index contributed by atoms with van der Waals surface area (Å²) in [6.45, 7) is 0. The molecule has 2 aromatic rings. The van der Waals surface area contributed by atoms with Crippen LogP contribution in [-0.2, 0) is 5.88 Å². The Kier molecular flexibility index (Phi) is 3.34. The molecular weight excluding hydrogens is 228 g/mol. The third kappa shape index (κ3) is 2.19. The van der Waals surface area contributed by atoms with Gasteiger partial charge in [0.05, 0.1) is 17.3 Å². The molecule has 0 aliphatic carbocycles. The fraction of sp³-hybridized carbons (Fsp3) is 0.182. The van der Waals surface area contributed by atoms with Gasteiger partial charge in [0.2, 0.25) is 0 Å². The SMILES string of the molecule is CSc1ccccc1-n1ccc(CCl)n1. The van der Waals surface area contributed by atoms with Crippen molar-refractivity contribution in [3.05, 3.63) is 42.2 Å². The number of alkyl halides is 1. The maximum Gasteiger partial charge on any atom is 0.0781 e. The number of nitrogens with zero attached hydrogens (tertiary/aromatic N) is 2. The zero-order valence-electron chi connectivity index (χ0n) is 8.35. The third-order valence-corrected chi connectivity index (χ3v) is 3.17. The summed E-state index contributed by atoms with van der Waals surface area (Å²) in [6, 6.07) is 10.1. The quantitative estimate of drug-likeness (QED) is 0.603. The first-order valence-corrected chi connectivity index (χ1v) is 6.35. The summed E-state index contributed by atoms with van der Waals surface area (Å²) in [7, 11) is 0. The zero-order valence-corrected chi connectivity index (χ0v) is 9.92. The van der Waals surface area contributed by atoms with Gasteiger partial charge in [0.1, 0.15) is 0 Å². The number of halogens is 1. The van der Waals surface area contributed by atoms with Crippen molar-refractivity contribution >= 4 is 23.4 Å². The van der Waals surface area contributed by atoms with Crippen molar-refractivity contribution in [3.8, 4) is 5.69 Å². The Hall–Kier alpha value is -0.930. The van der Waals surface area contributed by atoms with Crippen molar-refractivity contribution in [3.63, 3.8) is 0 Å². The van der Waals surface area contributed by atoms with Crippen molar-refractivity contribution in [2.75, 3.05) is 6.26 Å². The van der Waals surface area contributed by atoms with Crippen molar-refractivity contribution < 1.29 is 0 Å². The fourth-order valence-electron chi connectivity index (χ4n) is 1.39. The molecule has 0 aliphatic rings. The van der Waals surface area contributed by atoms with E-state index in [1.807, 2.05) is 29.1 Å². The fourth-order valence-corrected chi connectivity index (χ4v) is 2.11. The monoisotopic (exact) mass is 238 g/mol. The average Bonchev–Trinajstić information content (AvgIpc) is 2.77. The Morgan fingerprint density at radius 3 is 2.80 bits per heavy atom. The highest BCUT2D eigenvalue weighted by molar-refractivity contribution is 7.98. The summed E-state index contributed by atoms with van der Waals surface area (Å²) in [4.78, 5) is 1.21. The highest BCUT2D eigenvalue weighted by Gasteiger charge is 2.04. The molecule has 2 rings (SSSR count). The zero-order chi connectivity index (χ0) is 10.7. The van der Waals surface area contributed by atoms with Crippen LogP contribution in [0.25, 0.3) is 5.69 Å². The number of aromatic nitrogens is 2. The average molecular weight is 239 g/mol. The Morgan fingerprint density at radius 2 is 2.13 bits per heavy atom. The summed E-state index contributed by atoms with van der Waals surface area (Å²) in [5, 5.41) is 4.38. The van der Waals surface area contributed by atoms with Gasteiger partial charge in [0, 0.05) is 11.1 Å². The van der Waals surface area contributed by atoms with Gasteiger partial charge in [0.15, 0.2) is 0 Å². The van der Waals surface area contributed by atoms with E-state index in [0.29, 0.717) is 5.88 Å². The van der Waals surface area contributed by atoms with Gasteiger partial charge in [-0.1, -0.05) is 12.1 Å². The van der Waals surface area contributed by atoms with Crippen LogP contribution in [0, 0.1) is 0 Å². The number of thioether (sulfide) groups is 1. The van der Waals surface area contributed by atoms with Gasteiger partial charge in [-0.2, -0.15) is 5.10 Å². The van der Waals surface area contributed by atoms with Crippen molar-refractivity contribution in [1.29, 1.82) is 0 Å². The Bertz CT molecular complexity index is 453. The molecule has 1 aromatic heterocycles. The number of hydrogen-bond acceptors (Lipinski definition) is 2. The lowest BCUT2D eigenvalue weighted by Crippen LogP contribution is -1.97. The molecule has 0 bridgehead atoms. The molecule has 1 heterocycles. The summed E-state index contributed by atoms with van der Waals surface area (Å²) in [5.74, 6) is 0.453. The van der Waals surface area contributed by atoms with Gasteiger partial charge in [-0.05, 0) is 24.5 Å². The minimum absolute atomic E-state index is 0.453. The predicted octanol–water partition coefficient (Wildman–Crippen LogP) is 3.33. The largest absolute Gasteiger partial charge is 0.240 e. The van der Waals surface area contributed by atoms with Crippen LogP contribution >= 0.6 is 23.4 Å². The van der Waals surface area contributed by atoms with Crippen molar-refractivity contribution in [2.45, 2.75) is 10.8 Å². The van der Waals surface area contributed by atoms with Crippen LogP contribution in [0.15, 0.2) is 41.4 Å². The number of benzene rings is 1. The van der Waals surface area contributed by atoms with Gasteiger partial charge in [-0.3, -0.25) is 0 Å². The molecule has 78 valence electrons. The second-order valence-electron chi connectivity index (χ2n) is 3.06. The van der Waals surface area contributed by atoms with E-state index in [4.69, 9.17) is 11.6 Å². The standard InChI is InChI=1S/C11H11ClN2S/c1-15-11-5-3-2-4-10(11)14-7-6-9(8-12)13-14/h2-7H,8H2,1H3. The van der Waals surface area contributed by atoms with E-state index in [2.05, 4.69) is 23.5 Å². The highest BCUT2D eigenvalue weighted by atomic mass is 35.5. The normalized spacial score (nSPS) is 10.5. The lowest BCUT2D eigenvalue weighted by Gasteiger charge is -2.06. The van der Waals surface area contributed by atoms with E-state index >= 15 is 0 Å². The molecule has 0 saturated carbocycles. The summed E-state index contributed by atoms with van der Waals surface area (Å²) in [6.07, 6.45) is 4.00. The maximum atomic E-state index is 5.72. The van der Waals surface area contributed by atoms with Crippen LogP contribution < -0.4 is 0 Å². The molecule has 0 saturated heterocycles. The third-order valence-electron chi connectivity index (χ3n) is 2.11. The van der Waals surface area contributed by atoms with Crippen molar-refractivity contribution in [2.24, 2.45) is 0 Å². The van der Waals surface area contributed by atoms with Crippen LogP contribution in [0.3, 0.4) is 0 Å². The van der Waals surface area contributed by atoms with E-state index in [0.717, 1.165) is 11.4 Å². The molecule has 0 atom stereocenters. The van der Waals surface area contributed by atoms with E-state index in [-0.39, 0.29) is 0 Å². The predicted molar refractivity (Wildman–Crippen MR) is 64.9 cm³/mol. The second-order valence-corrected chi connectivity index (χ2v) is 4.17. The maximum absolute atomic E-state index is 5.72. The lowest BCUT2D eigenvalue weighted by atomic mass is 10.3. The van der Waals surface area contributed by atoms with Crippen LogP contribution in [0.5, 0.6) is 0 Å². The number of hydrogen-bond donors (Lipinski definition) is 0. The Labute approximate surface area is 98.3 Å². The molecule has 0 N–H and O–H groups in total. The second kappa shape index (κ2) is 4.73. The summed E-state index contributed by atoms with van der Waals surface area (Å²) >= 11 is 7.43. The van der Waals surface area contributed by atoms with Gasteiger partial charge in [-0.15, -0.1) is 23.4 Å². The highest BCUT2D eigenvalue weighted by Crippen LogP contribution is 2.23. The summed E-state index contributed by atoms with van der Waals surface area (Å²) in [5.41, 5.74) is 1.99. The van der Waals surface area contributed by atoms with Crippen LogP contribution in [0.4, 0.5) is 0 Å². The topological polar surface area (TPSA) is 17.8 Å². The Balaban J connectivity index is 2.44. The molecule has 0 unspecified atom stereocenters. The first-order chi connectivity index (χ1) is 7.35. The van der Waals surface area contributed by atoms with E-state index in [1.165, 1.54) is 4.90 Å². The van der Waals surface area contributed by atoms with Gasteiger partial charge >= 0.3 is 0 Å². The molecule has 0 spiro atoms. The van der Waals surface area contributed by atoms with Gasteiger partial charge in [0.25, 0.3) is 0 Å². The van der Waals surface area contributed by atoms with E-state index in [1.54, 1.807) is 11.8 Å². The molecule has 2 nitrogen and oxygen atoms in total. The van der Waals surface area contributed by atoms with Gasteiger partial charge < -0.3 is 0 Å².